The van der Waals surface area contributed by atoms with Crippen molar-refractivity contribution < 1.29 is 0 Å². The molecule has 2 aliphatic rings. The molecule has 0 bridgehead atoms. The van der Waals surface area contributed by atoms with Gasteiger partial charge in [0, 0.05) is 38.6 Å². The third-order valence-corrected chi connectivity index (χ3v) is 13.2. The molecule has 0 atom stereocenters. The molecule has 1 spiro atoms. The Kier molecular flexibility index (Phi) is 8.38. The highest BCUT2D eigenvalue weighted by Crippen LogP contribution is 2.57. The van der Waals surface area contributed by atoms with Crippen LogP contribution in [0.4, 0.5) is 0 Å². The van der Waals surface area contributed by atoms with Crippen molar-refractivity contribution >= 4 is 21.8 Å². The number of aromatic nitrogens is 4. The van der Waals surface area contributed by atoms with Crippen LogP contribution in [0.25, 0.3) is 95.0 Å². The highest BCUT2D eigenvalue weighted by atomic mass is 15.0. The lowest BCUT2D eigenvalue weighted by atomic mass is 9.68. The molecule has 2 heterocycles. The summed E-state index contributed by atoms with van der Waals surface area (Å²) in [5, 5.41) is 2.57. The largest absolute Gasteiger partial charge is 0.309 e. The summed E-state index contributed by atoms with van der Waals surface area (Å²) in [4.78, 5) is 15.2. The van der Waals surface area contributed by atoms with Gasteiger partial charge in [-0.1, -0.05) is 171 Å². The zero-order valence-corrected chi connectivity index (χ0v) is 33.8. The first-order valence-corrected chi connectivity index (χ1v) is 21.6. The van der Waals surface area contributed by atoms with Crippen molar-refractivity contribution in [1.29, 1.82) is 0 Å². The second-order valence-electron chi connectivity index (χ2n) is 16.7. The zero-order chi connectivity index (χ0) is 40.3. The van der Waals surface area contributed by atoms with Crippen LogP contribution in [0.15, 0.2) is 194 Å². The van der Waals surface area contributed by atoms with Crippen molar-refractivity contribution in [2.75, 3.05) is 0 Å². The molecular formula is C57H42N4. The van der Waals surface area contributed by atoms with Crippen LogP contribution in [0.3, 0.4) is 0 Å². The van der Waals surface area contributed by atoms with Crippen molar-refractivity contribution in [2.45, 2.75) is 37.5 Å². The second-order valence-corrected chi connectivity index (χ2v) is 16.7. The van der Waals surface area contributed by atoms with Crippen molar-refractivity contribution in [2.24, 2.45) is 0 Å². The smallest absolute Gasteiger partial charge is 0.164 e. The summed E-state index contributed by atoms with van der Waals surface area (Å²) >= 11 is 0. The number of nitrogens with zero attached hydrogens (tertiary/aromatic N) is 4. The lowest BCUT2D eigenvalue weighted by Gasteiger charge is -2.36. The quantitative estimate of drug-likeness (QED) is 0.169. The number of hydrogen-bond acceptors (Lipinski definition) is 3. The van der Waals surface area contributed by atoms with Crippen LogP contribution in [-0.2, 0) is 5.41 Å². The molecule has 2 aromatic heterocycles. The Bertz CT molecular complexity index is 3250. The first kappa shape index (κ1) is 35.5. The van der Waals surface area contributed by atoms with Crippen molar-refractivity contribution in [3.63, 3.8) is 0 Å². The van der Waals surface area contributed by atoms with Gasteiger partial charge in [0.15, 0.2) is 17.5 Å². The topological polar surface area (TPSA) is 43.6 Å². The highest BCUT2D eigenvalue weighted by molar-refractivity contribution is 6.12. The van der Waals surface area contributed by atoms with E-state index in [-0.39, 0.29) is 5.41 Å². The summed E-state index contributed by atoms with van der Waals surface area (Å²) in [6, 6.07) is 69.9. The maximum absolute atomic E-state index is 5.13. The summed E-state index contributed by atoms with van der Waals surface area (Å²) in [6.07, 6.45) is 6.28. The van der Waals surface area contributed by atoms with Gasteiger partial charge in [-0.15, -0.1) is 0 Å². The molecule has 0 amide bonds. The van der Waals surface area contributed by atoms with E-state index in [2.05, 4.69) is 174 Å². The van der Waals surface area contributed by atoms with Gasteiger partial charge in [-0.25, -0.2) is 15.0 Å². The zero-order valence-electron chi connectivity index (χ0n) is 33.8. The fourth-order valence-corrected chi connectivity index (χ4v) is 10.3. The minimum absolute atomic E-state index is 0.0808. The van der Waals surface area contributed by atoms with Gasteiger partial charge in [-0.05, 0) is 99.8 Å². The Labute approximate surface area is 355 Å². The molecule has 0 radical (unpaired) electrons. The number of rotatable bonds is 6. The molecule has 61 heavy (non-hydrogen) atoms. The molecule has 4 heteroatoms. The van der Waals surface area contributed by atoms with Gasteiger partial charge < -0.3 is 4.57 Å². The molecule has 290 valence electrons. The van der Waals surface area contributed by atoms with Crippen LogP contribution in [0.2, 0.25) is 0 Å². The van der Waals surface area contributed by atoms with Crippen LogP contribution in [0.1, 0.15) is 43.2 Å². The van der Waals surface area contributed by atoms with E-state index in [1.165, 1.54) is 87.4 Å². The van der Waals surface area contributed by atoms with E-state index in [0.717, 1.165) is 33.4 Å². The molecule has 1 fully saturated rings. The third kappa shape index (κ3) is 5.93. The van der Waals surface area contributed by atoms with Gasteiger partial charge in [0.05, 0.1) is 11.0 Å². The minimum Gasteiger partial charge on any atom is -0.309 e. The number of fused-ring (bicyclic) bond motifs is 8. The molecule has 4 nitrogen and oxygen atoms in total. The summed E-state index contributed by atoms with van der Waals surface area (Å²) in [5.74, 6) is 1.95. The molecule has 10 aromatic rings. The van der Waals surface area contributed by atoms with E-state index in [0.29, 0.717) is 17.5 Å². The fourth-order valence-electron chi connectivity index (χ4n) is 10.3. The molecule has 12 rings (SSSR count). The molecule has 1 saturated carbocycles. The first-order chi connectivity index (χ1) is 30.2. The van der Waals surface area contributed by atoms with Gasteiger partial charge in [0.25, 0.3) is 0 Å². The maximum atomic E-state index is 5.13. The van der Waals surface area contributed by atoms with Gasteiger partial charge in [-0.3, -0.25) is 0 Å². The van der Waals surface area contributed by atoms with E-state index in [9.17, 15) is 0 Å². The Hall–Kier alpha value is -7.43. The van der Waals surface area contributed by atoms with Gasteiger partial charge in [0.2, 0.25) is 0 Å². The number of hydrogen-bond donors (Lipinski definition) is 0. The van der Waals surface area contributed by atoms with E-state index < -0.39 is 0 Å². The Balaban J connectivity index is 1.00. The number of benzene rings is 8. The monoisotopic (exact) mass is 782 g/mol. The Morgan fingerprint density at radius 2 is 0.869 bits per heavy atom. The summed E-state index contributed by atoms with van der Waals surface area (Å²) in [5.41, 5.74) is 17.0. The fraction of sp³-hybridized carbons (Fsp3) is 0.105. The van der Waals surface area contributed by atoms with Crippen LogP contribution in [-0.4, -0.2) is 19.5 Å². The van der Waals surface area contributed by atoms with E-state index in [1.54, 1.807) is 0 Å². The van der Waals surface area contributed by atoms with Gasteiger partial charge in [0.1, 0.15) is 0 Å². The SMILES string of the molecule is c1ccc(-c2ccc(-c3nc(-c4ccccc4)nc(-c4cccc(-c5ccc6c(c5)c5cc7c(cc5n6-c5ccccc5)-c5ccccc5C75CCCCC5)c4)n3)cc2)cc1. The van der Waals surface area contributed by atoms with E-state index in [1.807, 2.05) is 24.3 Å². The average Bonchev–Trinajstić information content (AvgIpc) is 3.80. The molecule has 0 unspecified atom stereocenters. The van der Waals surface area contributed by atoms with Gasteiger partial charge in [-0.2, -0.15) is 0 Å². The lowest BCUT2D eigenvalue weighted by molar-refractivity contribution is 0.353. The van der Waals surface area contributed by atoms with Crippen LogP contribution >= 0.6 is 0 Å². The third-order valence-electron chi connectivity index (χ3n) is 13.2. The van der Waals surface area contributed by atoms with E-state index >= 15 is 0 Å². The molecule has 0 saturated heterocycles. The number of para-hydroxylation sites is 1. The average molecular weight is 783 g/mol. The van der Waals surface area contributed by atoms with Crippen LogP contribution < -0.4 is 0 Å². The molecule has 8 aromatic carbocycles. The second kappa shape index (κ2) is 14.4. The summed E-state index contributed by atoms with van der Waals surface area (Å²) in [6.45, 7) is 0. The predicted molar refractivity (Wildman–Crippen MR) is 251 cm³/mol. The first-order valence-electron chi connectivity index (χ1n) is 21.6. The Morgan fingerprint density at radius 3 is 1.61 bits per heavy atom. The van der Waals surface area contributed by atoms with Crippen LogP contribution in [0.5, 0.6) is 0 Å². The van der Waals surface area contributed by atoms with Gasteiger partial charge >= 0.3 is 0 Å². The summed E-state index contributed by atoms with van der Waals surface area (Å²) in [7, 11) is 0. The maximum Gasteiger partial charge on any atom is 0.164 e. The molecule has 0 N–H and O–H groups in total. The minimum atomic E-state index is 0.0808. The lowest BCUT2D eigenvalue weighted by Crippen LogP contribution is -2.27. The van der Waals surface area contributed by atoms with Crippen molar-refractivity contribution in [1.82, 2.24) is 19.5 Å². The molecular weight excluding hydrogens is 741 g/mol. The van der Waals surface area contributed by atoms with E-state index in [4.69, 9.17) is 15.0 Å². The molecule has 2 aliphatic carbocycles. The normalized spacial score (nSPS) is 14.0. The van der Waals surface area contributed by atoms with Crippen molar-refractivity contribution in [3.8, 4) is 73.2 Å². The highest BCUT2D eigenvalue weighted by Gasteiger charge is 2.44. The molecule has 0 aliphatic heterocycles. The standard InChI is InChI=1S/C57H42N4/c1-5-16-38(17-6-1)39-26-28-41(29-27-39)55-58-54(40-18-7-2-8-19-40)59-56(60-55)44-21-15-20-42(34-44)43-30-31-52-48(35-43)49-36-51-47(37-53(49)61(52)45-22-9-3-10-23-45)46-24-11-12-25-50(46)57(51)32-13-4-14-33-57/h1-3,5-12,15-31,34-37H,4,13-14,32-33H2. The van der Waals surface area contributed by atoms with Crippen molar-refractivity contribution in [3.05, 3.63) is 205 Å². The Morgan fingerprint density at radius 1 is 0.344 bits per heavy atom. The van der Waals surface area contributed by atoms with Crippen LogP contribution in [0, 0.1) is 0 Å². The summed E-state index contributed by atoms with van der Waals surface area (Å²) < 4.78 is 2.46. The predicted octanol–water partition coefficient (Wildman–Crippen LogP) is 14.5.